The average Bonchev–Trinajstić information content (AvgIpc) is 2.46. The first-order valence-corrected chi connectivity index (χ1v) is 6.92. The third-order valence-electron chi connectivity index (χ3n) is 4.45. The van der Waals surface area contributed by atoms with E-state index in [0.29, 0.717) is 17.6 Å². The summed E-state index contributed by atoms with van der Waals surface area (Å²) in [5.41, 5.74) is -0.228. The van der Waals surface area contributed by atoms with Crippen molar-refractivity contribution in [2.45, 2.75) is 32.5 Å². The van der Waals surface area contributed by atoms with Crippen molar-refractivity contribution >= 4 is 16.5 Å². The van der Waals surface area contributed by atoms with Crippen LogP contribution in [0.15, 0.2) is 36.4 Å². The zero-order valence-corrected chi connectivity index (χ0v) is 11.9. The Hall–Kier alpha value is -2.14. The molecule has 0 bridgehead atoms. The van der Waals surface area contributed by atoms with Gasteiger partial charge in [0.15, 0.2) is 0 Å². The number of hydrogen-bond donors (Lipinski definition) is 1. The Kier molecular flexibility index (Phi) is 3.10. The van der Waals surface area contributed by atoms with E-state index in [0.717, 1.165) is 5.39 Å². The quantitative estimate of drug-likeness (QED) is 0.694. The predicted octanol–water partition coefficient (Wildman–Crippen LogP) is 3.29. The first-order valence-electron chi connectivity index (χ1n) is 6.92. The van der Waals surface area contributed by atoms with Gasteiger partial charge < -0.3 is 9.84 Å². The molecule has 2 aromatic rings. The summed E-state index contributed by atoms with van der Waals surface area (Å²) < 4.78 is 6.00. The van der Waals surface area contributed by atoms with Crippen LogP contribution in [0.1, 0.15) is 20.3 Å². The van der Waals surface area contributed by atoms with E-state index in [1.54, 1.807) is 18.2 Å². The van der Waals surface area contributed by atoms with Crippen LogP contribution in [0, 0.1) is 15.5 Å². The summed E-state index contributed by atoms with van der Waals surface area (Å²) in [7, 11) is 0. The van der Waals surface area contributed by atoms with Gasteiger partial charge in [0.1, 0.15) is 11.9 Å². The molecule has 5 nitrogen and oxygen atoms in total. The summed E-state index contributed by atoms with van der Waals surface area (Å²) in [6, 6.07) is 10.3. The van der Waals surface area contributed by atoms with Crippen molar-refractivity contribution in [3.05, 3.63) is 46.5 Å². The highest BCUT2D eigenvalue weighted by Crippen LogP contribution is 2.44. The van der Waals surface area contributed by atoms with Crippen LogP contribution in [-0.4, -0.2) is 22.2 Å². The minimum Gasteiger partial charge on any atom is -0.489 e. The SMILES string of the molecule is CC1(C)C(O)CC1Oc1ccc([N+](=O)[O-])c2ccccc12. The number of nitro groups is 1. The number of rotatable bonds is 3. The molecule has 0 spiro atoms. The van der Waals surface area contributed by atoms with Gasteiger partial charge in [-0.2, -0.15) is 0 Å². The summed E-state index contributed by atoms with van der Waals surface area (Å²) in [5, 5.41) is 22.2. The van der Waals surface area contributed by atoms with Gasteiger partial charge in [-0.25, -0.2) is 0 Å². The van der Waals surface area contributed by atoms with Crippen molar-refractivity contribution in [2.24, 2.45) is 5.41 Å². The number of aliphatic hydroxyl groups excluding tert-OH is 1. The van der Waals surface area contributed by atoms with Crippen molar-refractivity contribution in [3.63, 3.8) is 0 Å². The maximum absolute atomic E-state index is 11.1. The second kappa shape index (κ2) is 4.70. The van der Waals surface area contributed by atoms with Crippen molar-refractivity contribution in [1.82, 2.24) is 0 Å². The van der Waals surface area contributed by atoms with E-state index in [1.807, 2.05) is 26.0 Å². The van der Waals surface area contributed by atoms with Crippen molar-refractivity contribution in [2.75, 3.05) is 0 Å². The van der Waals surface area contributed by atoms with Gasteiger partial charge in [-0.15, -0.1) is 0 Å². The smallest absolute Gasteiger partial charge is 0.277 e. The molecule has 0 amide bonds. The number of ether oxygens (including phenoxy) is 1. The molecule has 0 saturated heterocycles. The Bertz CT molecular complexity index is 710. The second-order valence-electron chi connectivity index (χ2n) is 6.06. The van der Waals surface area contributed by atoms with Gasteiger partial charge in [-0.05, 0) is 12.1 Å². The third-order valence-corrected chi connectivity index (χ3v) is 4.45. The van der Waals surface area contributed by atoms with Crippen LogP contribution in [0.2, 0.25) is 0 Å². The Labute approximate surface area is 122 Å². The molecule has 1 aliphatic carbocycles. The van der Waals surface area contributed by atoms with Gasteiger partial charge >= 0.3 is 0 Å². The van der Waals surface area contributed by atoms with E-state index in [9.17, 15) is 15.2 Å². The lowest BCUT2D eigenvalue weighted by Crippen LogP contribution is -2.56. The van der Waals surface area contributed by atoms with Gasteiger partial charge in [-0.3, -0.25) is 10.1 Å². The van der Waals surface area contributed by atoms with Crippen molar-refractivity contribution < 1.29 is 14.8 Å². The lowest BCUT2D eigenvalue weighted by molar-refractivity contribution is -0.383. The topological polar surface area (TPSA) is 72.6 Å². The molecule has 1 aliphatic rings. The molecule has 0 radical (unpaired) electrons. The van der Waals surface area contributed by atoms with Crippen LogP contribution >= 0.6 is 0 Å². The molecule has 0 heterocycles. The van der Waals surface area contributed by atoms with Gasteiger partial charge in [0.2, 0.25) is 0 Å². The number of nitrogens with zero attached hydrogens (tertiary/aromatic N) is 1. The van der Waals surface area contributed by atoms with Crippen molar-refractivity contribution in [3.8, 4) is 5.75 Å². The number of benzene rings is 2. The van der Waals surface area contributed by atoms with Crippen LogP contribution in [0.3, 0.4) is 0 Å². The maximum atomic E-state index is 11.1. The summed E-state index contributed by atoms with van der Waals surface area (Å²) in [4.78, 5) is 10.7. The van der Waals surface area contributed by atoms with E-state index in [4.69, 9.17) is 4.74 Å². The first-order chi connectivity index (χ1) is 9.91. The molecular weight excluding hydrogens is 270 g/mol. The van der Waals surface area contributed by atoms with E-state index in [1.165, 1.54) is 6.07 Å². The van der Waals surface area contributed by atoms with Crippen LogP contribution in [-0.2, 0) is 0 Å². The maximum Gasteiger partial charge on any atom is 0.277 e. The van der Waals surface area contributed by atoms with E-state index < -0.39 is 0 Å². The lowest BCUT2D eigenvalue weighted by Gasteiger charge is -2.48. The Balaban J connectivity index is 2.01. The van der Waals surface area contributed by atoms with Crippen LogP contribution in [0.25, 0.3) is 10.8 Å². The van der Waals surface area contributed by atoms with Gasteiger partial charge in [0.25, 0.3) is 5.69 Å². The lowest BCUT2D eigenvalue weighted by atomic mass is 9.66. The minimum atomic E-state index is -0.386. The number of fused-ring (bicyclic) bond motifs is 1. The second-order valence-corrected chi connectivity index (χ2v) is 6.06. The van der Waals surface area contributed by atoms with E-state index in [2.05, 4.69) is 0 Å². The molecule has 2 unspecified atom stereocenters. The molecule has 1 fully saturated rings. The Morgan fingerprint density at radius 2 is 1.90 bits per heavy atom. The third kappa shape index (κ3) is 2.14. The fourth-order valence-corrected chi connectivity index (χ4v) is 2.74. The molecule has 2 aromatic carbocycles. The Morgan fingerprint density at radius 3 is 2.48 bits per heavy atom. The highest BCUT2D eigenvalue weighted by atomic mass is 16.6. The number of aliphatic hydroxyl groups is 1. The largest absolute Gasteiger partial charge is 0.489 e. The molecule has 110 valence electrons. The van der Waals surface area contributed by atoms with Crippen molar-refractivity contribution in [1.29, 1.82) is 0 Å². The zero-order chi connectivity index (χ0) is 15.2. The first kappa shape index (κ1) is 13.8. The summed E-state index contributed by atoms with van der Waals surface area (Å²) in [5.74, 6) is 0.626. The highest BCUT2D eigenvalue weighted by Gasteiger charge is 2.49. The number of hydrogen-bond acceptors (Lipinski definition) is 4. The number of nitro benzene ring substituents is 1. The van der Waals surface area contributed by atoms with Crippen LogP contribution < -0.4 is 4.74 Å². The van der Waals surface area contributed by atoms with Crippen LogP contribution in [0.4, 0.5) is 5.69 Å². The molecule has 21 heavy (non-hydrogen) atoms. The average molecular weight is 287 g/mol. The molecule has 1 N–H and O–H groups in total. The van der Waals surface area contributed by atoms with E-state index >= 15 is 0 Å². The highest BCUT2D eigenvalue weighted by molar-refractivity contribution is 5.95. The fraction of sp³-hybridized carbons (Fsp3) is 0.375. The van der Waals surface area contributed by atoms with E-state index in [-0.39, 0.29) is 28.2 Å². The molecule has 0 aromatic heterocycles. The molecule has 3 rings (SSSR count). The normalized spacial score (nSPS) is 23.6. The van der Waals surface area contributed by atoms with Crippen LogP contribution in [0.5, 0.6) is 5.75 Å². The van der Waals surface area contributed by atoms with Gasteiger partial charge in [-0.1, -0.05) is 32.0 Å². The zero-order valence-electron chi connectivity index (χ0n) is 11.9. The molecule has 2 atom stereocenters. The fourth-order valence-electron chi connectivity index (χ4n) is 2.74. The molecule has 0 aliphatic heterocycles. The molecule has 5 heteroatoms. The summed E-state index contributed by atoms with van der Waals surface area (Å²) in [6.45, 7) is 3.92. The molecule has 1 saturated carbocycles. The minimum absolute atomic E-state index is 0.0749. The predicted molar refractivity (Wildman–Crippen MR) is 79.4 cm³/mol. The monoisotopic (exact) mass is 287 g/mol. The summed E-state index contributed by atoms with van der Waals surface area (Å²) >= 11 is 0. The van der Waals surface area contributed by atoms with Gasteiger partial charge in [0, 0.05) is 23.3 Å². The van der Waals surface area contributed by atoms with Gasteiger partial charge in [0.05, 0.1) is 16.4 Å². The Morgan fingerprint density at radius 1 is 1.24 bits per heavy atom. The molecular formula is C16H17NO4. The standard InChI is InChI=1S/C16H17NO4/c1-16(2)14(18)9-15(16)21-13-8-7-12(17(19)20)10-5-3-4-6-11(10)13/h3-8,14-15,18H,9H2,1-2H3. The summed E-state index contributed by atoms with van der Waals surface area (Å²) in [6.07, 6.45) is 0.127. The number of non-ortho nitro benzene ring substituents is 1.